The number of benzene rings is 7. The maximum Gasteiger partial charge on any atom is 0.296 e. The molecule has 0 atom stereocenters. The Balaban J connectivity index is 1.08. The number of nitrogens with two attached hydrogens (primary N) is 2. The highest BCUT2D eigenvalue weighted by atomic mass is 32.2. The van der Waals surface area contributed by atoms with Crippen molar-refractivity contribution < 1.29 is 71.7 Å². The Kier molecular flexibility index (Phi) is 12.5. The Morgan fingerprint density at radius 1 is 0.441 bits per heavy atom. The number of aromatic hydroxyl groups is 2. The summed E-state index contributed by atoms with van der Waals surface area (Å²) in [4.78, 5) is 23.6. The van der Waals surface area contributed by atoms with Gasteiger partial charge < -0.3 is 32.3 Å². The Hall–Kier alpha value is -7.96. The Labute approximate surface area is 383 Å². The lowest BCUT2D eigenvalue weighted by atomic mass is 10.1. The Morgan fingerprint density at radius 2 is 0.794 bits per heavy atom. The van der Waals surface area contributed by atoms with Gasteiger partial charge in [0.25, 0.3) is 52.3 Å². The summed E-state index contributed by atoms with van der Waals surface area (Å²) < 4.78 is 135. The third-order valence-electron chi connectivity index (χ3n) is 9.67. The summed E-state index contributed by atoms with van der Waals surface area (Å²) >= 11 is 0. The third kappa shape index (κ3) is 10.2. The van der Waals surface area contributed by atoms with Gasteiger partial charge in [-0.25, -0.2) is 0 Å². The Morgan fingerprint density at radius 3 is 1.12 bits per heavy atom. The van der Waals surface area contributed by atoms with Crippen LogP contribution >= 0.6 is 0 Å². The first kappa shape index (κ1) is 48.0. The van der Waals surface area contributed by atoms with Gasteiger partial charge in [-0.1, -0.05) is 12.1 Å². The minimum atomic E-state index is -5.06. The number of fused-ring (bicyclic) bond motifs is 2. The van der Waals surface area contributed by atoms with Crippen LogP contribution in [0.3, 0.4) is 0 Å². The molecule has 7 aromatic carbocycles. The fourth-order valence-corrected chi connectivity index (χ4v) is 8.91. The summed E-state index contributed by atoms with van der Waals surface area (Å²) in [6.07, 6.45) is 0. The second-order valence-electron chi connectivity index (χ2n) is 14.2. The first-order chi connectivity index (χ1) is 31.7. The van der Waals surface area contributed by atoms with E-state index in [1.165, 1.54) is 36.4 Å². The number of phenols is 2. The van der Waals surface area contributed by atoms with E-state index < -0.39 is 94.7 Å². The van der Waals surface area contributed by atoms with Crippen molar-refractivity contribution in [2.75, 3.05) is 22.1 Å². The van der Waals surface area contributed by atoms with E-state index in [1.54, 1.807) is 0 Å². The van der Waals surface area contributed by atoms with E-state index >= 15 is 0 Å². The molecule has 0 aliphatic rings. The van der Waals surface area contributed by atoms with Crippen molar-refractivity contribution in [2.45, 2.75) is 19.6 Å². The highest BCUT2D eigenvalue weighted by Gasteiger charge is 2.23. The van der Waals surface area contributed by atoms with Gasteiger partial charge in [-0.2, -0.15) is 43.9 Å². The number of anilines is 4. The number of nitrogens with zero attached hydrogens (tertiary/aromatic N) is 4. The van der Waals surface area contributed by atoms with Crippen LogP contribution in [0.4, 0.5) is 45.5 Å². The van der Waals surface area contributed by atoms with E-state index in [4.69, 9.17) is 11.5 Å². The minimum Gasteiger partial charge on any atom is -0.507 e. The van der Waals surface area contributed by atoms with E-state index in [-0.39, 0.29) is 66.8 Å². The number of carbonyl (C=O) groups is 2. The molecule has 28 heteroatoms. The van der Waals surface area contributed by atoms with Gasteiger partial charge in [0.15, 0.2) is 0 Å². The number of carbonyl (C=O) groups excluding carboxylic acids is 2. The van der Waals surface area contributed by atoms with Crippen molar-refractivity contribution >= 4 is 119 Å². The molecular weight excluding hydrogens is 977 g/mol. The Bertz CT molecular complexity index is 3580. The van der Waals surface area contributed by atoms with E-state index in [0.717, 1.165) is 72.8 Å². The van der Waals surface area contributed by atoms with Gasteiger partial charge in [0.2, 0.25) is 0 Å². The molecule has 0 radical (unpaired) electrons. The molecule has 0 saturated carbocycles. The van der Waals surface area contributed by atoms with Crippen LogP contribution in [0.5, 0.6) is 11.5 Å². The van der Waals surface area contributed by atoms with Gasteiger partial charge in [0.05, 0.1) is 54.7 Å². The molecule has 0 aromatic heterocycles. The lowest BCUT2D eigenvalue weighted by molar-refractivity contribution is 0.101. The maximum absolute atomic E-state index is 13.2. The van der Waals surface area contributed by atoms with Crippen LogP contribution in [-0.2, 0) is 40.5 Å². The topological polar surface area (TPSA) is 418 Å². The molecule has 0 unspecified atom stereocenters. The zero-order chi connectivity index (χ0) is 49.7. The highest BCUT2D eigenvalue weighted by Crippen LogP contribution is 2.42. The fraction of sp³-hybridized carbons (Fsp3) is 0. The maximum atomic E-state index is 13.2. The number of nitrogens with one attached hydrogen (secondary N) is 2. The van der Waals surface area contributed by atoms with E-state index in [0.29, 0.717) is 0 Å². The molecule has 0 aliphatic carbocycles. The summed E-state index contributed by atoms with van der Waals surface area (Å²) in [5.74, 6) is -3.14. The first-order valence-electron chi connectivity index (χ1n) is 18.5. The summed E-state index contributed by atoms with van der Waals surface area (Å²) in [6, 6.07) is 19.7. The predicted octanol–water partition coefficient (Wildman–Crippen LogP) is 6.89. The lowest BCUT2D eigenvalue weighted by Crippen LogP contribution is -2.16. The zero-order valence-corrected chi connectivity index (χ0v) is 37.0. The van der Waals surface area contributed by atoms with Gasteiger partial charge in [-0.3, -0.25) is 27.8 Å². The van der Waals surface area contributed by atoms with Crippen molar-refractivity contribution in [3.05, 3.63) is 120 Å². The molecule has 2 amide bonds. The van der Waals surface area contributed by atoms with Crippen LogP contribution < -0.4 is 22.1 Å². The average Bonchev–Trinajstić information content (AvgIpc) is 3.25. The van der Waals surface area contributed by atoms with Crippen LogP contribution in [0.15, 0.2) is 149 Å². The molecule has 0 spiro atoms. The van der Waals surface area contributed by atoms with Crippen LogP contribution in [-0.4, -0.2) is 73.9 Å². The van der Waals surface area contributed by atoms with Crippen molar-refractivity contribution in [1.29, 1.82) is 0 Å². The van der Waals surface area contributed by atoms with E-state index in [9.17, 15) is 71.7 Å². The standard InChI is InChI=1S/C40H30N8O16S4/c41-27-9-5-21-13-25(65(53,54)55)17-31(49)35(21)37(27)47-45-23-7-11-29(33(15-23)67(59,60)61)43-39(51)19-1-2-20(4-3-19)40(52)44-30-12-8-24(16-34(30)68(62,63)64)46-48-38-28(42)10-6-22-14-26(66(56,57)58)18-32(50)36(22)38/h1-18,49-50H,41-42H2,(H,43,51)(H,44,52)(H,53,54,55)(H,56,57,58)(H,59,60,61)(H,62,63,64). The first-order valence-corrected chi connectivity index (χ1v) is 24.3. The molecule has 0 fully saturated rings. The van der Waals surface area contributed by atoms with Crippen molar-refractivity contribution in [3.8, 4) is 11.5 Å². The van der Waals surface area contributed by atoms with Crippen LogP contribution in [0.2, 0.25) is 0 Å². The van der Waals surface area contributed by atoms with Crippen molar-refractivity contribution in [2.24, 2.45) is 20.5 Å². The predicted molar refractivity (Wildman–Crippen MR) is 243 cm³/mol. The molecule has 0 heterocycles. The number of amides is 2. The highest BCUT2D eigenvalue weighted by molar-refractivity contribution is 7.86. The molecule has 7 aromatic rings. The lowest BCUT2D eigenvalue weighted by Gasteiger charge is -2.12. The van der Waals surface area contributed by atoms with Gasteiger partial charge in [0.1, 0.15) is 32.7 Å². The van der Waals surface area contributed by atoms with Gasteiger partial charge >= 0.3 is 0 Å². The number of hydrogen-bond acceptors (Lipinski definition) is 18. The smallest absolute Gasteiger partial charge is 0.296 e. The number of phenolic OH excluding ortho intramolecular Hbond substituents is 2. The number of nitrogen functional groups attached to an aromatic ring is 2. The normalized spacial score (nSPS) is 12.5. The van der Waals surface area contributed by atoms with Gasteiger partial charge in [0, 0.05) is 23.3 Å². The second kappa shape index (κ2) is 17.7. The third-order valence-corrected chi connectivity index (χ3v) is 13.1. The summed E-state index contributed by atoms with van der Waals surface area (Å²) in [6.45, 7) is 0. The van der Waals surface area contributed by atoms with Crippen LogP contribution in [0.25, 0.3) is 21.5 Å². The van der Waals surface area contributed by atoms with Crippen molar-refractivity contribution in [1.82, 2.24) is 0 Å². The monoisotopic (exact) mass is 1010 g/mol. The minimum absolute atomic E-state index is 0.0465. The largest absolute Gasteiger partial charge is 0.507 e. The molecule has 7 rings (SSSR count). The summed E-state index contributed by atoms with van der Waals surface area (Å²) in [5, 5.41) is 41.6. The quantitative estimate of drug-likeness (QED) is 0.0338. The van der Waals surface area contributed by atoms with E-state index in [1.807, 2.05) is 0 Å². The number of azo groups is 2. The second-order valence-corrected chi connectivity index (χ2v) is 19.9. The average molecular weight is 1010 g/mol. The molecule has 0 bridgehead atoms. The SMILES string of the molecule is Nc1ccc2cc(S(=O)(=O)O)cc(O)c2c1N=Nc1ccc(NC(=O)c2ccc(C(=O)Nc3ccc(N=Nc4c(N)ccc5cc(S(=O)(=O)O)cc(O)c45)cc3S(=O)(=O)O)cc2)c(S(=O)(=O)O)c1. The molecule has 0 aliphatic heterocycles. The molecule has 0 saturated heterocycles. The summed E-state index contributed by atoms with van der Waals surface area (Å²) in [5.41, 5.74) is 10.1. The van der Waals surface area contributed by atoms with Gasteiger partial charge in [-0.15, -0.1) is 10.2 Å². The van der Waals surface area contributed by atoms with E-state index in [2.05, 4.69) is 31.1 Å². The van der Waals surface area contributed by atoms with Gasteiger partial charge in [-0.05, 0) is 95.7 Å². The zero-order valence-electron chi connectivity index (χ0n) is 33.7. The molecular formula is C40H30N8O16S4. The number of hydrogen-bond donors (Lipinski definition) is 10. The van der Waals surface area contributed by atoms with Crippen LogP contribution in [0, 0.1) is 0 Å². The summed E-state index contributed by atoms with van der Waals surface area (Å²) in [7, 11) is -19.5. The number of rotatable bonds is 12. The van der Waals surface area contributed by atoms with Crippen LogP contribution in [0.1, 0.15) is 20.7 Å². The molecule has 12 N–H and O–H groups in total. The fourth-order valence-electron chi connectivity index (χ4n) is 6.50. The molecule has 350 valence electrons. The molecule has 68 heavy (non-hydrogen) atoms. The van der Waals surface area contributed by atoms with Crippen molar-refractivity contribution in [3.63, 3.8) is 0 Å². The molecule has 24 nitrogen and oxygen atoms in total.